The molecule has 0 fully saturated rings. The molecule has 1 heterocycles. The molecule has 3 aromatic rings. The summed E-state index contributed by atoms with van der Waals surface area (Å²) in [5, 5.41) is 6.03. The molecule has 3 N–H and O–H groups in total. The van der Waals surface area contributed by atoms with Crippen molar-refractivity contribution in [1.82, 2.24) is 10.3 Å². The summed E-state index contributed by atoms with van der Waals surface area (Å²) in [6, 6.07) is 19.9. The van der Waals surface area contributed by atoms with Gasteiger partial charge < -0.3 is 11.1 Å². The highest BCUT2D eigenvalue weighted by atomic mass is 35.5. The molecule has 3 nitrogen and oxygen atoms in total. The number of nitrogens with one attached hydrogen (secondary N) is 1. The largest absolute Gasteiger partial charge is 0.328 e. The second kappa shape index (κ2) is 11.0. The van der Waals surface area contributed by atoms with Gasteiger partial charge in [-0.2, -0.15) is 0 Å². The molecule has 0 aliphatic rings. The summed E-state index contributed by atoms with van der Waals surface area (Å²) in [6.07, 6.45) is 8.09. The molecular formula is C23H30ClN3. The zero-order valence-corrected chi connectivity index (χ0v) is 16.8. The number of benzene rings is 2. The maximum Gasteiger partial charge on any atom is 0.0346 e. The number of rotatable bonds is 9. The van der Waals surface area contributed by atoms with Crippen molar-refractivity contribution in [1.29, 1.82) is 0 Å². The predicted octanol–water partition coefficient (Wildman–Crippen LogP) is 4.88. The van der Waals surface area contributed by atoms with Gasteiger partial charge in [-0.15, -0.1) is 12.4 Å². The summed E-state index contributed by atoms with van der Waals surface area (Å²) in [6.45, 7) is 3.10. The maximum absolute atomic E-state index is 6.34. The first-order chi connectivity index (χ1) is 12.7. The molecule has 1 aromatic heterocycles. The van der Waals surface area contributed by atoms with Crippen molar-refractivity contribution in [2.75, 3.05) is 0 Å². The minimum Gasteiger partial charge on any atom is -0.328 e. The second-order valence-corrected chi connectivity index (χ2v) is 7.21. The van der Waals surface area contributed by atoms with Crippen molar-refractivity contribution in [2.45, 2.75) is 51.2 Å². The lowest BCUT2D eigenvalue weighted by atomic mass is 10.0. The minimum absolute atomic E-state index is 0. The zero-order chi connectivity index (χ0) is 18.2. The summed E-state index contributed by atoms with van der Waals surface area (Å²) >= 11 is 0. The summed E-state index contributed by atoms with van der Waals surface area (Å²) < 4.78 is 0. The van der Waals surface area contributed by atoms with Gasteiger partial charge in [-0.25, -0.2) is 0 Å². The molecule has 0 spiro atoms. The van der Waals surface area contributed by atoms with Crippen LogP contribution < -0.4 is 11.1 Å². The molecule has 0 bridgehead atoms. The van der Waals surface area contributed by atoms with Gasteiger partial charge in [0.1, 0.15) is 0 Å². The standard InChI is InChI=1S/C23H29N3.ClH/c1-18(14-23(24)9-5-8-19-6-3-2-4-7-19)26-16-20-10-11-22-17-25-13-12-21(22)15-20;/h2-4,6-7,10-13,15,17-18,23,26H,5,8-9,14,16,24H2,1H3;1H/t18-,23?;/m1./s1. The van der Waals surface area contributed by atoms with Crippen molar-refractivity contribution in [3.05, 3.63) is 78.1 Å². The molecule has 0 aliphatic heterocycles. The van der Waals surface area contributed by atoms with Crippen LogP contribution >= 0.6 is 12.4 Å². The van der Waals surface area contributed by atoms with Gasteiger partial charge in [0, 0.05) is 36.4 Å². The summed E-state index contributed by atoms with van der Waals surface area (Å²) in [5.74, 6) is 0. The zero-order valence-electron chi connectivity index (χ0n) is 16.0. The Morgan fingerprint density at radius 2 is 1.81 bits per heavy atom. The van der Waals surface area contributed by atoms with E-state index in [1.165, 1.54) is 21.9 Å². The molecule has 0 radical (unpaired) electrons. The van der Waals surface area contributed by atoms with E-state index >= 15 is 0 Å². The van der Waals surface area contributed by atoms with Crippen molar-refractivity contribution < 1.29 is 0 Å². The van der Waals surface area contributed by atoms with Crippen LogP contribution in [-0.2, 0) is 13.0 Å². The molecule has 0 amide bonds. The van der Waals surface area contributed by atoms with Crippen molar-refractivity contribution in [2.24, 2.45) is 5.73 Å². The summed E-state index contributed by atoms with van der Waals surface area (Å²) in [4.78, 5) is 4.16. The normalized spacial score (nSPS) is 13.1. The van der Waals surface area contributed by atoms with E-state index in [1.54, 1.807) is 0 Å². The smallest absolute Gasteiger partial charge is 0.0346 e. The fraction of sp³-hybridized carbons (Fsp3) is 0.348. The third-order valence-electron chi connectivity index (χ3n) is 4.90. The first kappa shape index (κ1) is 21.4. The van der Waals surface area contributed by atoms with E-state index in [0.29, 0.717) is 6.04 Å². The highest BCUT2D eigenvalue weighted by Gasteiger charge is 2.09. The average molecular weight is 384 g/mol. The second-order valence-electron chi connectivity index (χ2n) is 7.21. The molecule has 2 atom stereocenters. The SMILES string of the molecule is C[C@H](CC(N)CCCc1ccccc1)NCc1ccc2cnccc2c1.Cl. The van der Waals surface area contributed by atoms with Gasteiger partial charge >= 0.3 is 0 Å². The van der Waals surface area contributed by atoms with Crippen LogP contribution in [0.1, 0.15) is 37.3 Å². The third kappa shape index (κ3) is 6.94. The first-order valence-electron chi connectivity index (χ1n) is 9.56. The topological polar surface area (TPSA) is 50.9 Å². The molecule has 0 aliphatic carbocycles. The van der Waals surface area contributed by atoms with Gasteiger partial charge in [0.2, 0.25) is 0 Å². The minimum atomic E-state index is 0. The Balaban J connectivity index is 0.00000261. The van der Waals surface area contributed by atoms with Crippen LogP contribution in [0.5, 0.6) is 0 Å². The monoisotopic (exact) mass is 383 g/mol. The average Bonchev–Trinajstić information content (AvgIpc) is 2.67. The predicted molar refractivity (Wildman–Crippen MR) is 117 cm³/mol. The van der Waals surface area contributed by atoms with E-state index in [9.17, 15) is 0 Å². The molecule has 4 heteroatoms. The van der Waals surface area contributed by atoms with E-state index in [-0.39, 0.29) is 18.4 Å². The van der Waals surface area contributed by atoms with Crippen LogP contribution in [0.4, 0.5) is 0 Å². The first-order valence-corrected chi connectivity index (χ1v) is 9.56. The van der Waals surface area contributed by atoms with Crippen LogP contribution in [0.15, 0.2) is 67.0 Å². The molecule has 1 unspecified atom stereocenters. The Kier molecular flexibility index (Phi) is 8.73. The number of hydrogen-bond donors (Lipinski definition) is 2. The number of aryl methyl sites for hydroxylation is 1. The van der Waals surface area contributed by atoms with Crippen molar-refractivity contribution in [3.63, 3.8) is 0 Å². The van der Waals surface area contributed by atoms with E-state index in [0.717, 1.165) is 32.2 Å². The number of nitrogens with two attached hydrogens (primary N) is 1. The van der Waals surface area contributed by atoms with E-state index < -0.39 is 0 Å². The number of aromatic nitrogens is 1. The van der Waals surface area contributed by atoms with Crippen LogP contribution in [0.2, 0.25) is 0 Å². The number of nitrogens with zero attached hydrogens (tertiary/aromatic N) is 1. The fourth-order valence-corrected chi connectivity index (χ4v) is 3.40. The quantitative estimate of drug-likeness (QED) is 0.554. The Bertz CT molecular complexity index is 807. The summed E-state index contributed by atoms with van der Waals surface area (Å²) in [7, 11) is 0. The fourth-order valence-electron chi connectivity index (χ4n) is 3.40. The molecule has 0 saturated carbocycles. The maximum atomic E-state index is 6.34. The van der Waals surface area contributed by atoms with Crippen LogP contribution in [0.25, 0.3) is 10.8 Å². The molecule has 144 valence electrons. The Morgan fingerprint density at radius 3 is 2.63 bits per heavy atom. The molecule has 0 saturated heterocycles. The Labute approximate surface area is 168 Å². The van der Waals surface area contributed by atoms with Gasteiger partial charge in [0.25, 0.3) is 0 Å². The Hall–Kier alpha value is -1.94. The van der Waals surface area contributed by atoms with E-state index in [2.05, 4.69) is 71.8 Å². The number of pyridine rings is 1. The number of hydrogen-bond acceptors (Lipinski definition) is 3. The van der Waals surface area contributed by atoms with Crippen molar-refractivity contribution in [3.8, 4) is 0 Å². The van der Waals surface area contributed by atoms with E-state index in [1.807, 2.05) is 12.4 Å². The number of halogens is 1. The van der Waals surface area contributed by atoms with Crippen LogP contribution in [0.3, 0.4) is 0 Å². The molecule has 3 rings (SSSR count). The molecule has 27 heavy (non-hydrogen) atoms. The van der Waals surface area contributed by atoms with Gasteiger partial charge in [0.15, 0.2) is 0 Å². The lowest BCUT2D eigenvalue weighted by Crippen LogP contribution is -2.33. The van der Waals surface area contributed by atoms with Crippen LogP contribution in [0, 0.1) is 0 Å². The highest BCUT2D eigenvalue weighted by Crippen LogP contribution is 2.15. The van der Waals surface area contributed by atoms with Gasteiger partial charge in [-0.1, -0.05) is 42.5 Å². The lowest BCUT2D eigenvalue weighted by molar-refractivity contribution is 0.440. The molecular weight excluding hydrogens is 354 g/mol. The Morgan fingerprint density at radius 1 is 1.00 bits per heavy atom. The van der Waals surface area contributed by atoms with Crippen molar-refractivity contribution >= 4 is 23.2 Å². The van der Waals surface area contributed by atoms with E-state index in [4.69, 9.17) is 5.73 Å². The molecule has 2 aromatic carbocycles. The lowest BCUT2D eigenvalue weighted by Gasteiger charge is -2.19. The van der Waals surface area contributed by atoms with Gasteiger partial charge in [-0.3, -0.25) is 4.98 Å². The van der Waals surface area contributed by atoms with Gasteiger partial charge in [-0.05, 0) is 61.3 Å². The highest BCUT2D eigenvalue weighted by molar-refractivity contribution is 5.85. The summed E-state index contributed by atoms with van der Waals surface area (Å²) in [5.41, 5.74) is 9.03. The number of fused-ring (bicyclic) bond motifs is 1. The van der Waals surface area contributed by atoms with Crippen LogP contribution in [-0.4, -0.2) is 17.1 Å². The third-order valence-corrected chi connectivity index (χ3v) is 4.90. The van der Waals surface area contributed by atoms with Gasteiger partial charge in [0.05, 0.1) is 0 Å².